The smallest absolute Gasteiger partial charge is 0.252 e. The number of anilines is 1. The van der Waals surface area contributed by atoms with Gasteiger partial charge in [0.2, 0.25) is 5.13 Å². The molecule has 0 aliphatic carbocycles. The second kappa shape index (κ2) is 9.82. The summed E-state index contributed by atoms with van der Waals surface area (Å²) in [5.74, 6) is -0.213. The van der Waals surface area contributed by atoms with Crippen LogP contribution in [0.3, 0.4) is 0 Å². The van der Waals surface area contributed by atoms with Crippen molar-refractivity contribution in [3.05, 3.63) is 5.01 Å². The molecular weight excluding hydrogens is 266 g/mol. The molecule has 0 aromatic carbocycles. The Morgan fingerprint density at radius 3 is 2.79 bits per heavy atom. The third-order valence-corrected chi connectivity index (χ3v) is 3.17. The van der Waals surface area contributed by atoms with Crippen molar-refractivity contribution in [3.63, 3.8) is 0 Å². The fourth-order valence-electron chi connectivity index (χ4n) is 1.32. The van der Waals surface area contributed by atoms with Crippen molar-refractivity contribution >= 4 is 22.4 Å². The largest absolute Gasteiger partial charge is 0.379 e. The molecule has 0 saturated heterocycles. The Morgan fingerprint density at radius 2 is 2.05 bits per heavy atom. The van der Waals surface area contributed by atoms with Crippen LogP contribution in [0.15, 0.2) is 0 Å². The molecule has 1 amide bonds. The fourth-order valence-corrected chi connectivity index (χ4v) is 2.11. The number of hydrogen-bond acceptors (Lipinski definition) is 6. The Hall–Kier alpha value is -1.05. The van der Waals surface area contributed by atoms with Gasteiger partial charge in [-0.1, -0.05) is 24.7 Å². The first-order valence-corrected chi connectivity index (χ1v) is 7.35. The van der Waals surface area contributed by atoms with E-state index in [4.69, 9.17) is 9.47 Å². The van der Waals surface area contributed by atoms with Crippen molar-refractivity contribution < 1.29 is 14.3 Å². The van der Waals surface area contributed by atoms with Crippen molar-refractivity contribution in [2.75, 3.05) is 31.7 Å². The van der Waals surface area contributed by atoms with E-state index in [0.29, 0.717) is 25.0 Å². The van der Waals surface area contributed by atoms with Crippen LogP contribution < -0.4 is 5.32 Å². The second-order valence-electron chi connectivity index (χ2n) is 3.90. The molecule has 1 N–H and O–H groups in total. The zero-order valence-electron chi connectivity index (χ0n) is 11.5. The Labute approximate surface area is 117 Å². The molecule has 0 fully saturated rings. The van der Waals surface area contributed by atoms with E-state index in [2.05, 4.69) is 22.4 Å². The highest BCUT2D eigenvalue weighted by molar-refractivity contribution is 7.15. The predicted molar refractivity (Wildman–Crippen MR) is 74.5 cm³/mol. The zero-order chi connectivity index (χ0) is 13.9. The van der Waals surface area contributed by atoms with E-state index in [0.717, 1.165) is 24.3 Å². The Bertz CT molecular complexity index is 371. The lowest BCUT2D eigenvalue weighted by Crippen LogP contribution is -2.19. The van der Waals surface area contributed by atoms with Gasteiger partial charge in [0.15, 0.2) is 0 Å². The second-order valence-corrected chi connectivity index (χ2v) is 4.96. The van der Waals surface area contributed by atoms with Gasteiger partial charge in [-0.05, 0) is 13.3 Å². The van der Waals surface area contributed by atoms with Gasteiger partial charge in [0, 0.05) is 13.0 Å². The predicted octanol–water partition coefficient (Wildman–Crippen LogP) is 1.87. The standard InChI is InChI=1S/C12H21N3O3S/c1-3-5-6-11-14-15-12(19-11)13-10(16)9-18-8-7-17-4-2/h3-9H2,1-2H3,(H,13,15,16). The van der Waals surface area contributed by atoms with E-state index in [1.54, 1.807) is 0 Å². The summed E-state index contributed by atoms with van der Waals surface area (Å²) in [4.78, 5) is 11.5. The van der Waals surface area contributed by atoms with Gasteiger partial charge in [-0.3, -0.25) is 10.1 Å². The fraction of sp³-hybridized carbons (Fsp3) is 0.750. The summed E-state index contributed by atoms with van der Waals surface area (Å²) in [6, 6.07) is 0. The summed E-state index contributed by atoms with van der Waals surface area (Å²) in [5, 5.41) is 12.1. The van der Waals surface area contributed by atoms with Gasteiger partial charge in [0.05, 0.1) is 13.2 Å². The van der Waals surface area contributed by atoms with E-state index in [1.165, 1.54) is 11.3 Å². The lowest BCUT2D eigenvalue weighted by atomic mass is 10.3. The molecule has 108 valence electrons. The first-order valence-electron chi connectivity index (χ1n) is 6.54. The van der Waals surface area contributed by atoms with Gasteiger partial charge in [0.1, 0.15) is 11.6 Å². The van der Waals surface area contributed by atoms with Crippen LogP contribution in [-0.4, -0.2) is 42.5 Å². The minimum atomic E-state index is -0.213. The number of aryl methyl sites for hydroxylation is 1. The van der Waals surface area contributed by atoms with Gasteiger partial charge >= 0.3 is 0 Å². The number of rotatable bonds is 10. The first kappa shape index (κ1) is 16.0. The maximum Gasteiger partial charge on any atom is 0.252 e. The van der Waals surface area contributed by atoms with Gasteiger partial charge < -0.3 is 9.47 Å². The summed E-state index contributed by atoms with van der Waals surface area (Å²) in [6.07, 6.45) is 3.12. The number of nitrogens with one attached hydrogen (secondary N) is 1. The third kappa shape index (κ3) is 7.19. The average Bonchev–Trinajstić information content (AvgIpc) is 2.83. The van der Waals surface area contributed by atoms with Crippen LogP contribution in [0, 0.1) is 0 Å². The maximum absolute atomic E-state index is 11.5. The molecule has 1 rings (SSSR count). The molecule has 0 bridgehead atoms. The summed E-state index contributed by atoms with van der Waals surface area (Å²) in [7, 11) is 0. The van der Waals surface area contributed by atoms with Crippen LogP contribution in [-0.2, 0) is 20.7 Å². The minimum Gasteiger partial charge on any atom is -0.379 e. The molecule has 0 unspecified atom stereocenters. The number of amides is 1. The van der Waals surface area contributed by atoms with Crippen LogP contribution in [0.4, 0.5) is 5.13 Å². The molecule has 6 nitrogen and oxygen atoms in total. The van der Waals surface area contributed by atoms with Gasteiger partial charge in [-0.25, -0.2) is 0 Å². The number of hydrogen-bond donors (Lipinski definition) is 1. The molecule has 0 aliphatic heterocycles. The molecular formula is C12H21N3O3S. The van der Waals surface area contributed by atoms with Crippen molar-refractivity contribution in [3.8, 4) is 0 Å². The van der Waals surface area contributed by atoms with E-state index in [1.807, 2.05) is 6.92 Å². The molecule has 1 aromatic rings. The van der Waals surface area contributed by atoms with Crippen molar-refractivity contribution in [1.82, 2.24) is 10.2 Å². The molecule has 0 spiro atoms. The molecule has 7 heteroatoms. The lowest BCUT2D eigenvalue weighted by molar-refractivity contribution is -0.121. The molecule has 19 heavy (non-hydrogen) atoms. The normalized spacial score (nSPS) is 10.6. The highest BCUT2D eigenvalue weighted by Crippen LogP contribution is 2.16. The van der Waals surface area contributed by atoms with Crippen LogP contribution >= 0.6 is 11.3 Å². The zero-order valence-corrected chi connectivity index (χ0v) is 12.3. The monoisotopic (exact) mass is 287 g/mol. The topological polar surface area (TPSA) is 73.3 Å². The number of unbranched alkanes of at least 4 members (excludes halogenated alkanes) is 1. The third-order valence-electron chi connectivity index (χ3n) is 2.27. The number of carbonyl (C=O) groups is 1. The molecule has 0 saturated carbocycles. The Balaban J connectivity index is 2.18. The number of carbonyl (C=O) groups excluding carboxylic acids is 1. The van der Waals surface area contributed by atoms with Crippen LogP contribution in [0.25, 0.3) is 0 Å². The van der Waals surface area contributed by atoms with Crippen molar-refractivity contribution in [1.29, 1.82) is 0 Å². The molecule has 1 aromatic heterocycles. The van der Waals surface area contributed by atoms with Crippen LogP contribution in [0.5, 0.6) is 0 Å². The van der Waals surface area contributed by atoms with Crippen LogP contribution in [0.1, 0.15) is 31.7 Å². The average molecular weight is 287 g/mol. The quantitative estimate of drug-likeness (QED) is 0.665. The number of nitrogens with zero attached hydrogens (tertiary/aromatic N) is 2. The summed E-state index contributed by atoms with van der Waals surface area (Å²) in [6.45, 7) is 5.63. The SMILES string of the molecule is CCCCc1nnc(NC(=O)COCCOCC)s1. The molecule has 1 heterocycles. The maximum atomic E-state index is 11.5. The van der Waals surface area contributed by atoms with Gasteiger partial charge in [0.25, 0.3) is 5.91 Å². The van der Waals surface area contributed by atoms with Gasteiger partial charge in [-0.2, -0.15) is 0 Å². The number of ether oxygens (including phenoxy) is 2. The minimum absolute atomic E-state index is 0.0109. The van der Waals surface area contributed by atoms with E-state index in [-0.39, 0.29) is 12.5 Å². The van der Waals surface area contributed by atoms with Crippen molar-refractivity contribution in [2.24, 2.45) is 0 Å². The highest BCUT2D eigenvalue weighted by atomic mass is 32.1. The summed E-state index contributed by atoms with van der Waals surface area (Å²) >= 11 is 1.41. The van der Waals surface area contributed by atoms with E-state index in [9.17, 15) is 4.79 Å². The molecule has 0 atom stereocenters. The Morgan fingerprint density at radius 1 is 1.26 bits per heavy atom. The first-order chi connectivity index (χ1) is 9.26. The number of aromatic nitrogens is 2. The Kier molecular flexibility index (Phi) is 8.28. The van der Waals surface area contributed by atoms with E-state index < -0.39 is 0 Å². The molecule has 0 radical (unpaired) electrons. The lowest BCUT2D eigenvalue weighted by Gasteiger charge is -2.03. The van der Waals surface area contributed by atoms with E-state index >= 15 is 0 Å². The molecule has 0 aliphatic rings. The summed E-state index contributed by atoms with van der Waals surface area (Å²) < 4.78 is 10.3. The highest BCUT2D eigenvalue weighted by Gasteiger charge is 2.07. The van der Waals surface area contributed by atoms with Crippen LogP contribution in [0.2, 0.25) is 0 Å². The van der Waals surface area contributed by atoms with Crippen molar-refractivity contribution in [2.45, 2.75) is 33.1 Å². The summed E-state index contributed by atoms with van der Waals surface area (Å²) in [5.41, 5.74) is 0. The van der Waals surface area contributed by atoms with Gasteiger partial charge in [-0.15, -0.1) is 10.2 Å².